The lowest BCUT2D eigenvalue weighted by atomic mass is 9.92. The molecular formula is C23H25N7. The molecule has 0 amide bonds. The van der Waals surface area contributed by atoms with Crippen molar-refractivity contribution in [1.29, 1.82) is 0 Å². The summed E-state index contributed by atoms with van der Waals surface area (Å²) < 4.78 is 3.86. The molecule has 0 unspecified atom stereocenters. The number of aryl methyl sites for hydroxylation is 1. The van der Waals surface area contributed by atoms with E-state index in [9.17, 15) is 0 Å². The first-order valence-electron chi connectivity index (χ1n) is 10.4. The molecule has 1 aromatic carbocycles. The highest BCUT2D eigenvalue weighted by Crippen LogP contribution is 2.29. The number of benzene rings is 1. The summed E-state index contributed by atoms with van der Waals surface area (Å²) in [5.41, 5.74) is 11.3. The summed E-state index contributed by atoms with van der Waals surface area (Å²) >= 11 is 0. The van der Waals surface area contributed by atoms with Gasteiger partial charge in [-0.3, -0.25) is 9.36 Å². The van der Waals surface area contributed by atoms with E-state index in [-0.39, 0.29) is 6.04 Å². The topological polar surface area (TPSA) is 87.4 Å². The van der Waals surface area contributed by atoms with Gasteiger partial charge in [-0.05, 0) is 37.3 Å². The molecule has 0 aliphatic heterocycles. The van der Waals surface area contributed by atoms with E-state index < -0.39 is 0 Å². The van der Waals surface area contributed by atoms with Crippen LogP contribution in [0, 0.1) is 0 Å². The van der Waals surface area contributed by atoms with E-state index in [2.05, 4.69) is 43.2 Å². The average Bonchev–Trinajstić information content (AvgIpc) is 3.44. The van der Waals surface area contributed by atoms with Gasteiger partial charge >= 0.3 is 0 Å². The second kappa shape index (κ2) is 7.84. The lowest BCUT2D eigenvalue weighted by Crippen LogP contribution is -2.29. The van der Waals surface area contributed by atoms with E-state index in [1.54, 1.807) is 4.68 Å². The van der Waals surface area contributed by atoms with Crippen molar-refractivity contribution >= 4 is 0 Å². The predicted octanol–water partition coefficient (Wildman–Crippen LogP) is 3.85. The lowest BCUT2D eigenvalue weighted by molar-refractivity contribution is 0.300. The summed E-state index contributed by atoms with van der Waals surface area (Å²) in [7, 11) is 1.92. The van der Waals surface area contributed by atoms with Crippen molar-refractivity contribution in [1.82, 2.24) is 29.5 Å². The maximum absolute atomic E-state index is 6.14. The molecule has 1 fully saturated rings. The van der Waals surface area contributed by atoms with Gasteiger partial charge in [0.05, 0.1) is 18.4 Å². The normalized spacial score (nSPS) is 19.1. The second-order valence-electron chi connectivity index (χ2n) is 8.07. The van der Waals surface area contributed by atoms with E-state index in [0.29, 0.717) is 11.9 Å². The molecular weight excluding hydrogens is 374 g/mol. The molecule has 1 aliphatic carbocycles. The van der Waals surface area contributed by atoms with Gasteiger partial charge < -0.3 is 5.73 Å². The van der Waals surface area contributed by atoms with Gasteiger partial charge in [-0.2, -0.15) is 10.2 Å². The van der Waals surface area contributed by atoms with Crippen LogP contribution in [0.1, 0.15) is 31.7 Å². The van der Waals surface area contributed by atoms with E-state index in [1.807, 2.05) is 50.2 Å². The van der Waals surface area contributed by atoms with E-state index >= 15 is 0 Å². The molecule has 1 aliphatic rings. The van der Waals surface area contributed by atoms with E-state index in [1.165, 1.54) is 0 Å². The summed E-state index contributed by atoms with van der Waals surface area (Å²) in [6.07, 6.45) is 16.0. The van der Waals surface area contributed by atoms with Gasteiger partial charge in [-0.1, -0.05) is 18.2 Å². The summed E-state index contributed by atoms with van der Waals surface area (Å²) in [4.78, 5) is 9.22. The highest BCUT2D eigenvalue weighted by molar-refractivity contribution is 5.70. The van der Waals surface area contributed by atoms with Gasteiger partial charge in [0.25, 0.3) is 0 Å². The lowest BCUT2D eigenvalue weighted by Gasteiger charge is -2.26. The number of nitrogens with two attached hydrogens (primary N) is 1. The summed E-state index contributed by atoms with van der Waals surface area (Å²) in [6.45, 7) is 0. The molecule has 0 radical (unpaired) electrons. The number of rotatable bonds is 4. The molecule has 0 bridgehead atoms. The minimum atomic E-state index is 0.279. The zero-order valence-electron chi connectivity index (χ0n) is 17.0. The van der Waals surface area contributed by atoms with E-state index in [4.69, 9.17) is 5.73 Å². The first-order valence-corrected chi connectivity index (χ1v) is 10.4. The molecule has 7 heteroatoms. The minimum absolute atomic E-state index is 0.279. The SMILES string of the molecule is Cn1cc(-c2cccc(-c3ncc(-c4cnn([C@@H]5CCC[C@H](N)C5)c4)cn3)c2)cn1. The predicted molar refractivity (Wildman–Crippen MR) is 116 cm³/mol. The molecule has 0 spiro atoms. The van der Waals surface area contributed by atoms with Crippen LogP contribution in [0.15, 0.2) is 61.4 Å². The molecule has 4 aromatic rings. The van der Waals surface area contributed by atoms with Crippen molar-refractivity contribution in [2.24, 2.45) is 12.8 Å². The van der Waals surface area contributed by atoms with Crippen LogP contribution in [0.4, 0.5) is 0 Å². The number of hydrogen-bond acceptors (Lipinski definition) is 5. The Bertz CT molecular complexity index is 1140. The average molecular weight is 400 g/mol. The summed E-state index contributed by atoms with van der Waals surface area (Å²) in [5.74, 6) is 0.704. The first kappa shape index (κ1) is 18.7. The van der Waals surface area contributed by atoms with Crippen molar-refractivity contribution < 1.29 is 0 Å². The molecule has 2 atom stereocenters. The third-order valence-electron chi connectivity index (χ3n) is 5.81. The van der Waals surface area contributed by atoms with Gasteiger partial charge in [0.2, 0.25) is 0 Å². The van der Waals surface area contributed by atoms with Gasteiger partial charge in [-0.15, -0.1) is 0 Å². The smallest absolute Gasteiger partial charge is 0.159 e. The van der Waals surface area contributed by atoms with Crippen molar-refractivity contribution in [3.63, 3.8) is 0 Å². The van der Waals surface area contributed by atoms with Crippen LogP contribution in [-0.4, -0.2) is 35.6 Å². The molecule has 7 nitrogen and oxygen atoms in total. The standard InChI is InChI=1S/C23H25N7/c1-29-14-19(12-27-29)16-4-2-5-17(8-16)23-25-10-18(11-26-23)20-13-28-30(15-20)22-7-3-6-21(24)9-22/h2,4-5,8,10-15,21-22H,3,6-7,9,24H2,1H3/t21-,22+/m0/s1. The largest absolute Gasteiger partial charge is 0.328 e. The Morgan fingerprint density at radius 1 is 0.867 bits per heavy atom. The summed E-state index contributed by atoms with van der Waals surface area (Å²) in [5, 5.41) is 8.83. The Kier molecular flexibility index (Phi) is 4.88. The van der Waals surface area contributed by atoms with Gasteiger partial charge in [0, 0.05) is 60.1 Å². The van der Waals surface area contributed by atoms with Crippen LogP contribution in [0.2, 0.25) is 0 Å². The van der Waals surface area contributed by atoms with Crippen LogP contribution < -0.4 is 5.73 Å². The molecule has 1 saturated carbocycles. The minimum Gasteiger partial charge on any atom is -0.328 e. The van der Waals surface area contributed by atoms with Crippen molar-refractivity contribution in [3.8, 4) is 33.6 Å². The van der Waals surface area contributed by atoms with Gasteiger partial charge in [0.15, 0.2) is 5.82 Å². The Morgan fingerprint density at radius 3 is 2.40 bits per heavy atom. The van der Waals surface area contributed by atoms with Crippen LogP contribution in [0.25, 0.3) is 33.6 Å². The van der Waals surface area contributed by atoms with Crippen LogP contribution in [0.5, 0.6) is 0 Å². The summed E-state index contributed by atoms with van der Waals surface area (Å²) in [6, 6.07) is 8.88. The molecule has 0 saturated heterocycles. The molecule has 3 aromatic heterocycles. The zero-order valence-corrected chi connectivity index (χ0v) is 17.0. The first-order chi connectivity index (χ1) is 14.7. The maximum atomic E-state index is 6.14. The molecule has 2 N–H and O–H groups in total. The molecule has 30 heavy (non-hydrogen) atoms. The Hall–Kier alpha value is -3.32. The van der Waals surface area contributed by atoms with E-state index in [0.717, 1.165) is 53.5 Å². The zero-order chi connectivity index (χ0) is 20.5. The quantitative estimate of drug-likeness (QED) is 0.563. The van der Waals surface area contributed by atoms with Crippen molar-refractivity contribution in [2.75, 3.05) is 0 Å². The molecule has 152 valence electrons. The molecule has 5 rings (SSSR count). The highest BCUT2D eigenvalue weighted by atomic mass is 15.3. The Balaban J connectivity index is 1.36. The molecule has 3 heterocycles. The number of aromatic nitrogens is 6. The third kappa shape index (κ3) is 3.76. The fraction of sp³-hybridized carbons (Fsp3) is 0.304. The highest BCUT2D eigenvalue weighted by Gasteiger charge is 2.21. The fourth-order valence-electron chi connectivity index (χ4n) is 4.16. The van der Waals surface area contributed by atoms with Gasteiger partial charge in [0.1, 0.15) is 0 Å². The van der Waals surface area contributed by atoms with Crippen LogP contribution in [0.3, 0.4) is 0 Å². The van der Waals surface area contributed by atoms with Crippen molar-refractivity contribution in [2.45, 2.75) is 37.8 Å². The monoisotopic (exact) mass is 399 g/mol. The van der Waals surface area contributed by atoms with Crippen LogP contribution in [-0.2, 0) is 7.05 Å². The number of hydrogen-bond donors (Lipinski definition) is 1. The second-order valence-corrected chi connectivity index (χ2v) is 8.07. The Labute approximate surface area is 175 Å². The third-order valence-corrected chi connectivity index (χ3v) is 5.81. The Morgan fingerprint density at radius 2 is 1.63 bits per heavy atom. The fourth-order valence-corrected chi connectivity index (χ4v) is 4.16. The van der Waals surface area contributed by atoms with Gasteiger partial charge in [-0.25, -0.2) is 9.97 Å². The van der Waals surface area contributed by atoms with Crippen LogP contribution >= 0.6 is 0 Å². The number of nitrogens with zero attached hydrogens (tertiary/aromatic N) is 6. The van der Waals surface area contributed by atoms with Crippen molar-refractivity contribution in [3.05, 3.63) is 61.4 Å². The maximum Gasteiger partial charge on any atom is 0.159 e.